The molecule has 90 valence electrons. The average molecular weight is 226 g/mol. The lowest BCUT2D eigenvalue weighted by Crippen LogP contribution is -2.29. The van der Waals surface area contributed by atoms with Crippen LogP contribution >= 0.6 is 0 Å². The minimum Gasteiger partial charge on any atom is -0.481 e. The Bertz CT molecular complexity index is 309. The summed E-state index contributed by atoms with van der Waals surface area (Å²) in [7, 11) is 1.42. The van der Waals surface area contributed by atoms with E-state index in [4.69, 9.17) is 14.6 Å². The second-order valence-corrected chi connectivity index (χ2v) is 4.09. The first-order valence-corrected chi connectivity index (χ1v) is 4.94. The Hall–Kier alpha value is -1.58. The zero-order chi connectivity index (χ0) is 12.8. The van der Waals surface area contributed by atoms with Crippen LogP contribution < -0.4 is 0 Å². The average Bonchev–Trinajstić information content (AvgIpc) is 2.15. The lowest BCUT2D eigenvalue weighted by Gasteiger charge is -2.28. The van der Waals surface area contributed by atoms with Gasteiger partial charge in [0.25, 0.3) is 5.97 Å². The molecule has 0 saturated carbocycles. The summed E-state index contributed by atoms with van der Waals surface area (Å²) < 4.78 is 4.70. The highest BCUT2D eigenvalue weighted by atomic mass is 16.5. The third-order valence-corrected chi connectivity index (χ3v) is 2.20. The third kappa shape index (κ3) is 4.77. The fourth-order valence-electron chi connectivity index (χ4n) is 1.34. The van der Waals surface area contributed by atoms with E-state index in [2.05, 4.69) is 0 Å². The van der Waals surface area contributed by atoms with Gasteiger partial charge >= 0.3 is 5.97 Å². The van der Waals surface area contributed by atoms with Gasteiger partial charge in [0.2, 0.25) is 0 Å². The van der Waals surface area contributed by atoms with Crippen LogP contribution in [0.25, 0.3) is 0 Å². The molecule has 0 heterocycles. The van der Waals surface area contributed by atoms with Crippen molar-refractivity contribution in [3.05, 3.63) is 24.3 Å². The van der Waals surface area contributed by atoms with E-state index in [0.717, 1.165) is 6.92 Å². The molecule has 0 aromatic heterocycles. The van der Waals surface area contributed by atoms with Gasteiger partial charge in [0, 0.05) is 6.92 Å². The zero-order valence-corrected chi connectivity index (χ0v) is 10.1. The summed E-state index contributed by atoms with van der Waals surface area (Å²) in [6, 6.07) is 0. The van der Waals surface area contributed by atoms with Gasteiger partial charge in [-0.15, -0.1) is 0 Å². The molecule has 0 aromatic carbocycles. The van der Waals surface area contributed by atoms with Crippen LogP contribution in [0.2, 0.25) is 0 Å². The fraction of sp³-hybridized carbons (Fsp3) is 0.500. The van der Waals surface area contributed by atoms with Gasteiger partial charge in [-0.25, -0.2) is 0 Å². The molecule has 16 heavy (non-hydrogen) atoms. The van der Waals surface area contributed by atoms with Crippen molar-refractivity contribution in [1.29, 1.82) is 0 Å². The Morgan fingerprint density at radius 3 is 2.19 bits per heavy atom. The predicted molar refractivity (Wildman–Crippen MR) is 60.9 cm³/mol. The highest BCUT2D eigenvalue weighted by molar-refractivity contribution is 5.76. The van der Waals surface area contributed by atoms with Gasteiger partial charge in [0.05, 0.1) is 13.0 Å². The highest BCUT2D eigenvalue weighted by Crippen LogP contribution is 2.32. The lowest BCUT2D eigenvalue weighted by atomic mass is 9.76. The van der Waals surface area contributed by atoms with Crippen LogP contribution in [0.1, 0.15) is 20.8 Å². The Balaban J connectivity index is 0.000000487. The molecule has 0 spiro atoms. The van der Waals surface area contributed by atoms with Crippen LogP contribution in [0.15, 0.2) is 24.3 Å². The summed E-state index contributed by atoms with van der Waals surface area (Å²) in [4.78, 5) is 20.3. The number of hydrogen-bond donors (Lipinski definition) is 1. The normalized spacial score (nSPS) is 20.6. The SMILES string of the molecule is CC(=O)O.COC(=O)C1C=CC=CC1(C)C. The molecular formula is C12H18O4. The Kier molecular flexibility index (Phi) is 5.50. The van der Waals surface area contributed by atoms with Crippen LogP contribution in [-0.4, -0.2) is 24.2 Å². The van der Waals surface area contributed by atoms with Crippen molar-refractivity contribution in [2.45, 2.75) is 20.8 Å². The number of carboxylic acids is 1. The van der Waals surface area contributed by atoms with E-state index in [1.807, 2.05) is 38.2 Å². The molecular weight excluding hydrogens is 208 g/mol. The van der Waals surface area contributed by atoms with E-state index >= 15 is 0 Å². The first-order chi connectivity index (χ1) is 7.31. The van der Waals surface area contributed by atoms with E-state index < -0.39 is 5.97 Å². The lowest BCUT2D eigenvalue weighted by molar-refractivity contribution is -0.146. The summed E-state index contributed by atoms with van der Waals surface area (Å²) in [5.41, 5.74) is -0.123. The molecule has 0 aliphatic heterocycles. The summed E-state index contributed by atoms with van der Waals surface area (Å²) in [5, 5.41) is 7.42. The fourth-order valence-corrected chi connectivity index (χ4v) is 1.34. The van der Waals surface area contributed by atoms with E-state index in [1.165, 1.54) is 7.11 Å². The summed E-state index contributed by atoms with van der Waals surface area (Å²) in [5.74, 6) is -1.15. The molecule has 1 aliphatic rings. The third-order valence-electron chi connectivity index (χ3n) is 2.20. The molecule has 1 aliphatic carbocycles. The number of esters is 1. The van der Waals surface area contributed by atoms with E-state index in [0.29, 0.717) is 0 Å². The van der Waals surface area contributed by atoms with Gasteiger partial charge < -0.3 is 9.84 Å². The molecule has 0 amide bonds. The zero-order valence-electron chi connectivity index (χ0n) is 10.1. The van der Waals surface area contributed by atoms with Crippen molar-refractivity contribution >= 4 is 11.9 Å². The number of carboxylic acid groups (broad SMARTS) is 1. The summed E-state index contributed by atoms with van der Waals surface area (Å²) >= 11 is 0. The maximum absolute atomic E-state index is 11.3. The Labute approximate surface area is 95.6 Å². The number of allylic oxidation sites excluding steroid dienone is 3. The van der Waals surface area contributed by atoms with Crippen LogP contribution in [0.5, 0.6) is 0 Å². The second kappa shape index (κ2) is 6.10. The molecule has 0 radical (unpaired) electrons. The van der Waals surface area contributed by atoms with Crippen molar-refractivity contribution in [3.8, 4) is 0 Å². The molecule has 4 heteroatoms. The number of methoxy groups -OCH3 is 1. The molecule has 0 aromatic rings. The van der Waals surface area contributed by atoms with E-state index in [1.54, 1.807) is 0 Å². The van der Waals surface area contributed by atoms with Crippen molar-refractivity contribution < 1.29 is 19.4 Å². The standard InChI is InChI=1S/C10H14O2.C2H4O2/c1-10(2)7-5-4-6-8(10)9(11)12-3;1-2(3)4/h4-8H,1-3H3;1H3,(H,3,4). The van der Waals surface area contributed by atoms with Crippen LogP contribution in [-0.2, 0) is 14.3 Å². The molecule has 1 atom stereocenters. The number of rotatable bonds is 1. The van der Waals surface area contributed by atoms with Gasteiger partial charge in [-0.2, -0.15) is 0 Å². The smallest absolute Gasteiger partial charge is 0.313 e. The molecule has 0 bridgehead atoms. The number of carbonyl (C=O) groups is 2. The van der Waals surface area contributed by atoms with Crippen LogP contribution in [0.3, 0.4) is 0 Å². The van der Waals surface area contributed by atoms with Gasteiger partial charge in [-0.05, 0) is 5.41 Å². The van der Waals surface area contributed by atoms with E-state index in [-0.39, 0.29) is 17.3 Å². The van der Waals surface area contributed by atoms with Gasteiger partial charge in [-0.3, -0.25) is 9.59 Å². The minimum absolute atomic E-state index is 0.123. The van der Waals surface area contributed by atoms with Gasteiger partial charge in [0.1, 0.15) is 0 Å². The Morgan fingerprint density at radius 1 is 1.31 bits per heavy atom. The minimum atomic E-state index is -0.833. The first-order valence-electron chi connectivity index (χ1n) is 4.94. The second-order valence-electron chi connectivity index (χ2n) is 4.09. The van der Waals surface area contributed by atoms with Gasteiger partial charge in [0.15, 0.2) is 0 Å². The number of aliphatic carboxylic acids is 1. The van der Waals surface area contributed by atoms with E-state index in [9.17, 15) is 4.79 Å². The van der Waals surface area contributed by atoms with Gasteiger partial charge in [-0.1, -0.05) is 38.2 Å². The number of ether oxygens (including phenoxy) is 1. The van der Waals surface area contributed by atoms with Crippen LogP contribution in [0, 0.1) is 11.3 Å². The van der Waals surface area contributed by atoms with Crippen molar-refractivity contribution in [3.63, 3.8) is 0 Å². The maximum atomic E-state index is 11.3. The molecule has 1 rings (SSSR count). The quantitative estimate of drug-likeness (QED) is 0.695. The molecule has 0 saturated heterocycles. The number of hydrogen-bond acceptors (Lipinski definition) is 3. The summed E-state index contributed by atoms with van der Waals surface area (Å²) in [6.07, 6.45) is 7.74. The van der Waals surface area contributed by atoms with Crippen molar-refractivity contribution in [1.82, 2.24) is 0 Å². The van der Waals surface area contributed by atoms with Crippen molar-refractivity contribution in [2.24, 2.45) is 11.3 Å². The Morgan fingerprint density at radius 2 is 1.81 bits per heavy atom. The largest absolute Gasteiger partial charge is 0.481 e. The molecule has 1 N–H and O–H groups in total. The van der Waals surface area contributed by atoms with Crippen LogP contribution in [0.4, 0.5) is 0 Å². The van der Waals surface area contributed by atoms with Crippen molar-refractivity contribution in [2.75, 3.05) is 7.11 Å². The summed E-state index contributed by atoms with van der Waals surface area (Å²) in [6.45, 7) is 5.13. The predicted octanol–water partition coefficient (Wildman–Crippen LogP) is 2.02. The highest BCUT2D eigenvalue weighted by Gasteiger charge is 2.32. The molecule has 4 nitrogen and oxygen atoms in total. The topological polar surface area (TPSA) is 63.6 Å². The number of carbonyl (C=O) groups excluding carboxylic acids is 1. The first kappa shape index (κ1) is 14.4. The monoisotopic (exact) mass is 226 g/mol. The molecule has 1 unspecified atom stereocenters. The molecule has 0 fully saturated rings. The maximum Gasteiger partial charge on any atom is 0.313 e.